The van der Waals surface area contributed by atoms with Crippen LogP contribution in [0.3, 0.4) is 0 Å². The van der Waals surface area contributed by atoms with Crippen LogP contribution in [-0.2, 0) is 16.4 Å². The number of nitrogens with zero attached hydrogens (tertiary/aromatic N) is 4. The highest BCUT2D eigenvalue weighted by molar-refractivity contribution is 7.90. The van der Waals surface area contributed by atoms with Crippen LogP contribution in [0.5, 0.6) is 0 Å². The standard InChI is InChI=1S/C20H20N6O2S/c1-26-10-7-14-11-18(24-19-12-21-8-9-22-19)25-20(17(14)13-26)23-15-3-5-16(6-4-15)29(2,27)28/h3-12H,13H2,1-2H3,(H2,22,23,24,25). The predicted molar refractivity (Wildman–Crippen MR) is 113 cm³/mol. The van der Waals surface area contributed by atoms with E-state index in [4.69, 9.17) is 4.98 Å². The number of pyridine rings is 1. The van der Waals surface area contributed by atoms with Crippen molar-refractivity contribution in [3.8, 4) is 0 Å². The molecule has 1 aliphatic heterocycles. The Morgan fingerprint density at radius 3 is 2.55 bits per heavy atom. The van der Waals surface area contributed by atoms with Crippen molar-refractivity contribution in [2.24, 2.45) is 0 Å². The van der Waals surface area contributed by atoms with Crippen molar-refractivity contribution in [3.63, 3.8) is 0 Å². The maximum absolute atomic E-state index is 11.7. The maximum Gasteiger partial charge on any atom is 0.175 e. The summed E-state index contributed by atoms with van der Waals surface area (Å²) in [5.74, 6) is 1.92. The van der Waals surface area contributed by atoms with Gasteiger partial charge in [0.15, 0.2) is 9.84 Å². The second kappa shape index (κ2) is 7.51. The number of hydrogen-bond donors (Lipinski definition) is 2. The number of benzene rings is 1. The normalized spacial score (nSPS) is 13.1. The molecule has 0 radical (unpaired) electrons. The number of hydrogen-bond acceptors (Lipinski definition) is 8. The molecule has 1 aliphatic rings. The van der Waals surface area contributed by atoms with E-state index in [1.54, 1.807) is 42.9 Å². The molecular formula is C20H20N6O2S. The summed E-state index contributed by atoms with van der Waals surface area (Å²) in [5, 5.41) is 6.48. The first-order valence-electron chi connectivity index (χ1n) is 8.91. The average Bonchev–Trinajstić information content (AvgIpc) is 2.69. The molecule has 1 aromatic carbocycles. The van der Waals surface area contributed by atoms with Crippen LogP contribution in [-0.4, -0.2) is 41.6 Å². The van der Waals surface area contributed by atoms with Crippen molar-refractivity contribution in [1.29, 1.82) is 0 Å². The lowest BCUT2D eigenvalue weighted by Gasteiger charge is -2.24. The highest BCUT2D eigenvalue weighted by Gasteiger charge is 2.17. The molecule has 4 rings (SSSR count). The molecule has 0 amide bonds. The topological polar surface area (TPSA) is 100 Å². The third-order valence-corrected chi connectivity index (χ3v) is 5.57. The van der Waals surface area contributed by atoms with E-state index in [0.717, 1.165) is 16.8 Å². The van der Waals surface area contributed by atoms with Gasteiger partial charge < -0.3 is 15.5 Å². The Balaban J connectivity index is 1.69. The number of nitrogens with one attached hydrogen (secondary N) is 2. The number of fused-ring (bicyclic) bond motifs is 1. The van der Waals surface area contributed by atoms with Gasteiger partial charge in [-0.3, -0.25) is 4.98 Å². The van der Waals surface area contributed by atoms with Gasteiger partial charge in [0, 0.05) is 43.5 Å². The van der Waals surface area contributed by atoms with Crippen molar-refractivity contribution < 1.29 is 8.42 Å². The molecule has 29 heavy (non-hydrogen) atoms. The first kappa shape index (κ1) is 18.9. The summed E-state index contributed by atoms with van der Waals surface area (Å²) in [5.41, 5.74) is 2.84. The van der Waals surface area contributed by atoms with E-state index in [0.29, 0.717) is 24.0 Å². The highest BCUT2D eigenvalue weighted by Crippen LogP contribution is 2.30. The zero-order valence-corrected chi connectivity index (χ0v) is 16.8. The van der Waals surface area contributed by atoms with Gasteiger partial charge in [-0.1, -0.05) is 0 Å². The first-order chi connectivity index (χ1) is 13.9. The van der Waals surface area contributed by atoms with Gasteiger partial charge in [-0.05, 0) is 48.2 Å². The average molecular weight is 408 g/mol. The molecule has 2 aromatic heterocycles. The van der Waals surface area contributed by atoms with Crippen LogP contribution < -0.4 is 10.6 Å². The van der Waals surface area contributed by atoms with Gasteiger partial charge in [-0.2, -0.15) is 0 Å². The maximum atomic E-state index is 11.7. The smallest absolute Gasteiger partial charge is 0.175 e. The summed E-state index contributed by atoms with van der Waals surface area (Å²) in [6.45, 7) is 0.702. The number of aromatic nitrogens is 3. The van der Waals surface area contributed by atoms with E-state index < -0.39 is 9.84 Å². The van der Waals surface area contributed by atoms with Gasteiger partial charge in [-0.15, -0.1) is 0 Å². The van der Waals surface area contributed by atoms with E-state index in [2.05, 4.69) is 25.5 Å². The van der Waals surface area contributed by atoms with Crippen molar-refractivity contribution in [2.45, 2.75) is 11.4 Å². The van der Waals surface area contributed by atoms with E-state index in [-0.39, 0.29) is 4.90 Å². The zero-order valence-electron chi connectivity index (χ0n) is 16.0. The van der Waals surface area contributed by atoms with Crippen molar-refractivity contribution in [3.05, 3.63) is 66.2 Å². The Hall–Kier alpha value is -3.46. The van der Waals surface area contributed by atoms with Crippen molar-refractivity contribution in [1.82, 2.24) is 19.9 Å². The molecule has 0 spiro atoms. The summed E-state index contributed by atoms with van der Waals surface area (Å²) in [6, 6.07) is 8.59. The highest BCUT2D eigenvalue weighted by atomic mass is 32.2. The fourth-order valence-electron chi connectivity index (χ4n) is 3.00. The van der Waals surface area contributed by atoms with Crippen LogP contribution in [0.15, 0.2) is 60.0 Å². The fraction of sp³-hybridized carbons (Fsp3) is 0.150. The molecule has 0 aliphatic carbocycles. The van der Waals surface area contributed by atoms with Crippen LogP contribution in [0.25, 0.3) is 6.08 Å². The summed E-state index contributed by atoms with van der Waals surface area (Å²) < 4.78 is 23.4. The van der Waals surface area contributed by atoms with Crippen LogP contribution in [0.1, 0.15) is 11.1 Å². The minimum absolute atomic E-state index is 0.277. The fourth-order valence-corrected chi connectivity index (χ4v) is 3.63. The minimum Gasteiger partial charge on any atom is -0.376 e. The second-order valence-electron chi connectivity index (χ2n) is 6.79. The third kappa shape index (κ3) is 4.35. The summed E-state index contributed by atoms with van der Waals surface area (Å²) in [4.78, 5) is 15.3. The second-order valence-corrected chi connectivity index (χ2v) is 8.81. The largest absolute Gasteiger partial charge is 0.376 e. The first-order valence-corrected chi connectivity index (χ1v) is 10.8. The molecule has 9 heteroatoms. The molecule has 148 valence electrons. The van der Waals surface area contributed by atoms with E-state index in [1.807, 2.05) is 25.4 Å². The Labute approximate surface area is 169 Å². The Morgan fingerprint density at radius 1 is 1.07 bits per heavy atom. The minimum atomic E-state index is -3.24. The number of anilines is 4. The molecule has 8 nitrogen and oxygen atoms in total. The number of sulfone groups is 1. The van der Waals surface area contributed by atoms with Crippen LogP contribution >= 0.6 is 0 Å². The summed E-state index contributed by atoms with van der Waals surface area (Å²) in [6.07, 6.45) is 10.1. The molecular weight excluding hydrogens is 388 g/mol. The Kier molecular flexibility index (Phi) is 4.89. The van der Waals surface area contributed by atoms with E-state index in [9.17, 15) is 8.42 Å². The van der Waals surface area contributed by atoms with Crippen LogP contribution in [0.4, 0.5) is 23.1 Å². The van der Waals surface area contributed by atoms with Gasteiger partial charge in [0.1, 0.15) is 17.5 Å². The molecule has 0 bridgehead atoms. The van der Waals surface area contributed by atoms with Gasteiger partial charge in [0.05, 0.1) is 11.1 Å². The van der Waals surface area contributed by atoms with Gasteiger partial charge in [0.2, 0.25) is 0 Å². The van der Waals surface area contributed by atoms with Gasteiger partial charge >= 0.3 is 0 Å². The van der Waals surface area contributed by atoms with Crippen molar-refractivity contribution >= 4 is 39.1 Å². The lowest BCUT2D eigenvalue weighted by atomic mass is 10.1. The summed E-state index contributed by atoms with van der Waals surface area (Å²) >= 11 is 0. The lowest BCUT2D eigenvalue weighted by molar-refractivity contribution is 0.448. The van der Waals surface area contributed by atoms with Crippen LogP contribution in [0, 0.1) is 0 Å². The third-order valence-electron chi connectivity index (χ3n) is 4.44. The zero-order chi connectivity index (χ0) is 20.4. The molecule has 2 N–H and O–H groups in total. The monoisotopic (exact) mass is 408 g/mol. The van der Waals surface area contributed by atoms with E-state index in [1.165, 1.54) is 6.26 Å². The molecule has 0 atom stereocenters. The molecule has 3 aromatic rings. The molecule has 0 saturated heterocycles. The molecule has 0 fully saturated rings. The van der Waals surface area contributed by atoms with Crippen LogP contribution in [0.2, 0.25) is 0 Å². The van der Waals surface area contributed by atoms with E-state index >= 15 is 0 Å². The molecule has 3 heterocycles. The predicted octanol–water partition coefficient (Wildman–Crippen LogP) is 3.18. The summed E-state index contributed by atoms with van der Waals surface area (Å²) in [7, 11) is -1.24. The lowest BCUT2D eigenvalue weighted by Crippen LogP contribution is -2.17. The Bertz CT molecular complexity index is 1160. The molecule has 0 unspecified atom stereocenters. The SMILES string of the molecule is CN1C=Cc2cc(Nc3cnccn3)nc(Nc3ccc(S(C)(=O)=O)cc3)c2C1. The van der Waals surface area contributed by atoms with Gasteiger partial charge in [0.25, 0.3) is 0 Å². The van der Waals surface area contributed by atoms with Crippen molar-refractivity contribution in [2.75, 3.05) is 23.9 Å². The number of rotatable bonds is 5. The Morgan fingerprint density at radius 2 is 1.86 bits per heavy atom. The van der Waals surface area contributed by atoms with Gasteiger partial charge in [-0.25, -0.2) is 18.4 Å². The quantitative estimate of drug-likeness (QED) is 0.664. The molecule has 0 saturated carbocycles.